The summed E-state index contributed by atoms with van der Waals surface area (Å²) in [7, 11) is 0. The van der Waals surface area contributed by atoms with E-state index in [1.165, 1.54) is 24.1 Å². The average molecular weight is 316 g/mol. The van der Waals surface area contributed by atoms with Crippen LogP contribution in [0.5, 0.6) is 0 Å². The molecule has 1 N–H and O–H groups in total. The Morgan fingerprint density at radius 3 is 2.95 bits per heavy atom. The lowest BCUT2D eigenvalue weighted by Gasteiger charge is -2.30. The van der Waals surface area contributed by atoms with Crippen molar-refractivity contribution in [2.75, 3.05) is 13.1 Å². The van der Waals surface area contributed by atoms with Crippen LogP contribution in [0.3, 0.4) is 0 Å². The first kappa shape index (κ1) is 15.6. The molecule has 1 aliphatic heterocycles. The van der Waals surface area contributed by atoms with Crippen LogP contribution in [0.4, 0.5) is 0 Å². The van der Waals surface area contributed by atoms with Gasteiger partial charge in [0.2, 0.25) is 0 Å². The van der Waals surface area contributed by atoms with Gasteiger partial charge in [0.15, 0.2) is 0 Å². The Hall–Kier alpha value is -1.30. The van der Waals surface area contributed by atoms with Crippen molar-refractivity contribution in [1.82, 2.24) is 20.2 Å². The second-order valence-electron chi connectivity index (χ2n) is 5.91. The fourth-order valence-corrected chi connectivity index (χ4v) is 3.88. The zero-order chi connectivity index (χ0) is 15.2. The summed E-state index contributed by atoms with van der Waals surface area (Å²) in [5.41, 5.74) is 1.15. The zero-order valence-electron chi connectivity index (χ0n) is 13.2. The third-order valence-corrected chi connectivity index (χ3v) is 5.08. The summed E-state index contributed by atoms with van der Waals surface area (Å²) >= 11 is 1.81. The van der Waals surface area contributed by atoms with Crippen molar-refractivity contribution in [3.8, 4) is 0 Å². The van der Waals surface area contributed by atoms with Crippen LogP contribution >= 0.6 is 11.3 Å². The number of aryl methyl sites for hydroxylation is 1. The standard InChI is InChI=1S/C17H24N4S/c1-14-20-11-17(22-14)13-21(12-15-5-2-3-9-19-15)16-6-4-8-18-10-7-16/h2-3,5,9,11,16,18H,4,6-8,10,12-13H2,1H3/t16-/m1/s1. The van der Waals surface area contributed by atoms with Crippen LogP contribution in [0.15, 0.2) is 30.6 Å². The van der Waals surface area contributed by atoms with E-state index in [1.54, 1.807) is 0 Å². The first-order valence-corrected chi connectivity index (χ1v) is 8.89. The molecule has 0 amide bonds. The minimum absolute atomic E-state index is 0.624. The summed E-state index contributed by atoms with van der Waals surface area (Å²) in [5.74, 6) is 0. The van der Waals surface area contributed by atoms with Gasteiger partial charge in [-0.25, -0.2) is 4.98 Å². The lowest BCUT2D eigenvalue weighted by atomic mass is 10.1. The maximum absolute atomic E-state index is 4.51. The largest absolute Gasteiger partial charge is 0.317 e. The summed E-state index contributed by atoms with van der Waals surface area (Å²) in [6, 6.07) is 6.81. The number of nitrogens with one attached hydrogen (secondary N) is 1. The van der Waals surface area contributed by atoms with Crippen LogP contribution in [0, 0.1) is 6.92 Å². The van der Waals surface area contributed by atoms with E-state index in [0.717, 1.165) is 36.9 Å². The topological polar surface area (TPSA) is 41.1 Å². The SMILES string of the molecule is Cc1ncc(CN(Cc2ccccn2)[C@@H]2CCCNCC2)s1. The fraction of sp³-hybridized carbons (Fsp3) is 0.529. The molecule has 0 bridgehead atoms. The predicted octanol–water partition coefficient (Wildman–Crippen LogP) is 2.99. The van der Waals surface area contributed by atoms with Crippen molar-refractivity contribution < 1.29 is 0 Å². The molecule has 0 saturated carbocycles. The summed E-state index contributed by atoms with van der Waals surface area (Å²) in [6.45, 7) is 6.24. The number of aromatic nitrogens is 2. The van der Waals surface area contributed by atoms with E-state index in [-0.39, 0.29) is 0 Å². The molecule has 3 rings (SSSR count). The number of rotatable bonds is 5. The zero-order valence-corrected chi connectivity index (χ0v) is 14.0. The summed E-state index contributed by atoms with van der Waals surface area (Å²) in [5, 5.41) is 4.66. The lowest BCUT2D eigenvalue weighted by molar-refractivity contribution is 0.163. The maximum Gasteiger partial charge on any atom is 0.0897 e. The number of hydrogen-bond donors (Lipinski definition) is 1. The molecule has 22 heavy (non-hydrogen) atoms. The molecule has 0 unspecified atom stereocenters. The van der Waals surface area contributed by atoms with Gasteiger partial charge in [0.1, 0.15) is 0 Å². The third-order valence-electron chi connectivity index (χ3n) is 4.18. The van der Waals surface area contributed by atoms with Gasteiger partial charge in [-0.05, 0) is 51.4 Å². The van der Waals surface area contributed by atoms with Gasteiger partial charge in [-0.15, -0.1) is 11.3 Å². The second-order valence-corrected chi connectivity index (χ2v) is 7.23. The highest BCUT2D eigenvalue weighted by atomic mass is 32.1. The van der Waals surface area contributed by atoms with Gasteiger partial charge in [0.25, 0.3) is 0 Å². The Labute approximate surface area is 136 Å². The van der Waals surface area contributed by atoms with Crippen molar-refractivity contribution in [3.63, 3.8) is 0 Å². The van der Waals surface area contributed by atoms with Gasteiger partial charge >= 0.3 is 0 Å². The maximum atomic E-state index is 4.51. The highest BCUT2D eigenvalue weighted by molar-refractivity contribution is 7.11. The number of hydrogen-bond acceptors (Lipinski definition) is 5. The summed E-state index contributed by atoms with van der Waals surface area (Å²) in [6.07, 6.45) is 7.65. The monoisotopic (exact) mass is 316 g/mol. The molecule has 118 valence electrons. The van der Waals surface area contributed by atoms with Gasteiger partial charge in [0, 0.05) is 36.4 Å². The number of pyridine rings is 1. The highest BCUT2D eigenvalue weighted by Gasteiger charge is 2.21. The molecule has 1 atom stereocenters. The van der Waals surface area contributed by atoms with Gasteiger partial charge < -0.3 is 5.32 Å². The van der Waals surface area contributed by atoms with Crippen LogP contribution in [0.1, 0.15) is 34.8 Å². The van der Waals surface area contributed by atoms with Crippen molar-refractivity contribution in [2.24, 2.45) is 0 Å². The molecular weight excluding hydrogens is 292 g/mol. The Kier molecular flexibility index (Phi) is 5.53. The predicted molar refractivity (Wildman–Crippen MR) is 90.8 cm³/mol. The summed E-state index contributed by atoms with van der Waals surface area (Å²) < 4.78 is 0. The smallest absolute Gasteiger partial charge is 0.0897 e. The van der Waals surface area contributed by atoms with E-state index in [2.05, 4.69) is 39.2 Å². The van der Waals surface area contributed by atoms with Gasteiger partial charge in [-0.2, -0.15) is 0 Å². The molecule has 0 radical (unpaired) electrons. The van der Waals surface area contributed by atoms with Gasteiger partial charge in [0.05, 0.1) is 10.7 Å². The molecule has 3 heterocycles. The molecule has 1 saturated heterocycles. The fourth-order valence-electron chi connectivity index (χ4n) is 3.06. The molecule has 0 aromatic carbocycles. The van der Waals surface area contributed by atoms with E-state index in [9.17, 15) is 0 Å². The van der Waals surface area contributed by atoms with Crippen molar-refractivity contribution in [3.05, 3.63) is 46.2 Å². The van der Waals surface area contributed by atoms with Crippen LogP contribution in [0.2, 0.25) is 0 Å². The van der Waals surface area contributed by atoms with E-state index < -0.39 is 0 Å². The Morgan fingerprint density at radius 1 is 1.23 bits per heavy atom. The Balaban J connectivity index is 1.74. The first-order valence-electron chi connectivity index (χ1n) is 8.07. The number of thiazole rings is 1. The molecule has 2 aromatic heterocycles. The molecule has 0 spiro atoms. The minimum Gasteiger partial charge on any atom is -0.317 e. The molecular formula is C17H24N4S. The molecule has 4 nitrogen and oxygen atoms in total. The second kappa shape index (κ2) is 7.81. The number of nitrogens with zero attached hydrogens (tertiary/aromatic N) is 3. The van der Waals surface area contributed by atoms with Gasteiger partial charge in [-0.3, -0.25) is 9.88 Å². The Bertz CT molecular complexity index is 561. The Morgan fingerprint density at radius 2 is 2.18 bits per heavy atom. The van der Waals surface area contributed by atoms with Crippen molar-refractivity contribution in [1.29, 1.82) is 0 Å². The quantitative estimate of drug-likeness (QED) is 0.921. The van der Waals surface area contributed by atoms with Crippen LogP contribution in [-0.4, -0.2) is 34.0 Å². The van der Waals surface area contributed by atoms with Crippen molar-refractivity contribution >= 4 is 11.3 Å². The molecule has 0 aliphatic carbocycles. The van der Waals surface area contributed by atoms with Crippen LogP contribution in [-0.2, 0) is 13.1 Å². The third kappa shape index (κ3) is 4.35. The first-order chi connectivity index (χ1) is 10.8. The normalized spacial score (nSPS) is 19.3. The molecule has 1 fully saturated rings. The molecule has 1 aliphatic rings. The van der Waals surface area contributed by atoms with Crippen LogP contribution < -0.4 is 5.32 Å². The minimum atomic E-state index is 0.624. The van der Waals surface area contributed by atoms with Crippen LogP contribution in [0.25, 0.3) is 0 Å². The molecule has 5 heteroatoms. The van der Waals surface area contributed by atoms with E-state index in [1.807, 2.05) is 29.8 Å². The van der Waals surface area contributed by atoms with Crippen molar-refractivity contribution in [2.45, 2.75) is 45.3 Å². The summed E-state index contributed by atoms with van der Waals surface area (Å²) in [4.78, 5) is 12.9. The molecule has 2 aromatic rings. The lowest BCUT2D eigenvalue weighted by Crippen LogP contribution is -2.35. The van der Waals surface area contributed by atoms with Gasteiger partial charge in [-0.1, -0.05) is 6.07 Å². The average Bonchev–Trinajstić information content (AvgIpc) is 2.78. The highest BCUT2D eigenvalue weighted by Crippen LogP contribution is 2.21. The van der Waals surface area contributed by atoms with E-state index >= 15 is 0 Å². The van der Waals surface area contributed by atoms with E-state index in [4.69, 9.17) is 0 Å². The van der Waals surface area contributed by atoms with E-state index in [0.29, 0.717) is 6.04 Å².